The van der Waals surface area contributed by atoms with Gasteiger partial charge in [0.2, 0.25) is 10.0 Å². The highest BCUT2D eigenvalue weighted by Crippen LogP contribution is 2.23. The van der Waals surface area contributed by atoms with Gasteiger partial charge in [0, 0.05) is 18.9 Å². The van der Waals surface area contributed by atoms with Crippen molar-refractivity contribution in [1.29, 1.82) is 0 Å². The summed E-state index contributed by atoms with van der Waals surface area (Å²) in [6.45, 7) is 0.396. The number of primary sulfonamides is 1. The zero-order chi connectivity index (χ0) is 14.0. The maximum Gasteiger partial charge on any atom is 0.240 e. The average Bonchev–Trinajstić information content (AvgIpc) is 2.72. The Balaban J connectivity index is 2.25. The first kappa shape index (κ1) is 13.4. The Morgan fingerprint density at radius 3 is 2.68 bits per heavy atom. The van der Waals surface area contributed by atoms with Crippen LogP contribution in [0.2, 0.25) is 0 Å². The van der Waals surface area contributed by atoms with Gasteiger partial charge in [-0.2, -0.15) is 5.10 Å². The number of anilines is 2. The van der Waals surface area contributed by atoms with Crippen LogP contribution in [-0.2, 0) is 23.6 Å². The lowest BCUT2D eigenvalue weighted by Crippen LogP contribution is -2.15. The molecule has 0 amide bonds. The molecule has 0 saturated heterocycles. The minimum Gasteiger partial charge on any atom is -0.399 e. The Bertz CT molecular complexity index is 693. The number of nitrogen functional groups attached to an aromatic ring is 1. The normalized spacial score (nSPS) is 11.5. The minimum atomic E-state index is -3.82. The maximum absolute atomic E-state index is 11.5. The van der Waals surface area contributed by atoms with Gasteiger partial charge in [0.25, 0.3) is 0 Å². The smallest absolute Gasteiger partial charge is 0.240 e. The summed E-state index contributed by atoms with van der Waals surface area (Å²) in [5.41, 5.74) is 7.11. The molecule has 2 rings (SSSR count). The molecule has 0 aliphatic rings. The van der Waals surface area contributed by atoms with Crippen molar-refractivity contribution < 1.29 is 8.42 Å². The summed E-state index contributed by atoms with van der Waals surface area (Å²) in [6, 6.07) is 6.35. The fourth-order valence-electron chi connectivity index (χ4n) is 1.66. The van der Waals surface area contributed by atoms with Crippen molar-refractivity contribution in [3.63, 3.8) is 0 Å². The van der Waals surface area contributed by atoms with Crippen LogP contribution in [0, 0.1) is 0 Å². The summed E-state index contributed by atoms with van der Waals surface area (Å²) < 4.78 is 24.6. The van der Waals surface area contributed by atoms with Crippen LogP contribution in [0.3, 0.4) is 0 Å². The first-order valence-corrected chi connectivity index (χ1v) is 7.05. The number of nitrogens with two attached hydrogens (primary N) is 2. The number of nitrogens with zero attached hydrogens (tertiary/aromatic N) is 2. The fourth-order valence-corrected chi connectivity index (χ4v) is 2.41. The Hall–Kier alpha value is -2.06. The maximum atomic E-state index is 11.5. The van der Waals surface area contributed by atoms with Crippen LogP contribution >= 0.6 is 0 Å². The largest absolute Gasteiger partial charge is 0.399 e. The number of rotatable bonds is 4. The molecule has 0 unspecified atom stereocenters. The van der Waals surface area contributed by atoms with Crippen LogP contribution in [0.5, 0.6) is 0 Å². The molecule has 1 aromatic heterocycles. The zero-order valence-corrected chi connectivity index (χ0v) is 11.2. The predicted octanol–water partition coefficient (Wildman–Crippen LogP) is 0.262. The third-order valence-electron chi connectivity index (χ3n) is 2.54. The van der Waals surface area contributed by atoms with Crippen molar-refractivity contribution in [1.82, 2.24) is 9.78 Å². The Labute approximate surface area is 111 Å². The SMILES string of the molecule is Cn1ccc(CNc2ccc(N)cc2S(N)(=O)=O)n1. The Kier molecular flexibility index (Phi) is 3.45. The molecular weight excluding hydrogens is 266 g/mol. The highest BCUT2D eigenvalue weighted by atomic mass is 32.2. The number of sulfonamides is 1. The zero-order valence-electron chi connectivity index (χ0n) is 10.4. The highest BCUT2D eigenvalue weighted by molar-refractivity contribution is 7.89. The number of nitrogens with one attached hydrogen (secondary N) is 1. The molecule has 0 saturated carbocycles. The van der Waals surface area contributed by atoms with E-state index in [0.717, 1.165) is 5.69 Å². The molecule has 0 aliphatic carbocycles. The van der Waals surface area contributed by atoms with E-state index in [9.17, 15) is 8.42 Å². The second-order valence-corrected chi connectivity index (χ2v) is 5.66. The summed E-state index contributed by atoms with van der Waals surface area (Å²) in [6.07, 6.45) is 1.81. The molecule has 2 aromatic rings. The number of benzene rings is 1. The van der Waals surface area contributed by atoms with Crippen molar-refractivity contribution in [2.24, 2.45) is 12.2 Å². The van der Waals surface area contributed by atoms with Crippen molar-refractivity contribution >= 4 is 21.4 Å². The molecule has 5 N–H and O–H groups in total. The second-order valence-electron chi connectivity index (χ2n) is 4.13. The number of aromatic nitrogens is 2. The summed E-state index contributed by atoms with van der Waals surface area (Å²) in [7, 11) is -2.02. The fraction of sp³-hybridized carbons (Fsp3) is 0.182. The monoisotopic (exact) mass is 281 g/mol. The second kappa shape index (κ2) is 4.90. The third kappa shape index (κ3) is 3.24. The minimum absolute atomic E-state index is 0.0246. The van der Waals surface area contributed by atoms with Gasteiger partial charge in [-0.15, -0.1) is 0 Å². The van der Waals surface area contributed by atoms with Gasteiger partial charge in [-0.1, -0.05) is 0 Å². The summed E-state index contributed by atoms with van der Waals surface area (Å²) in [4.78, 5) is -0.0246. The van der Waals surface area contributed by atoms with Gasteiger partial charge in [0.05, 0.1) is 17.9 Å². The molecule has 0 atom stereocenters. The highest BCUT2D eigenvalue weighted by Gasteiger charge is 2.14. The van der Waals surface area contributed by atoms with Gasteiger partial charge in [0.15, 0.2) is 0 Å². The quantitative estimate of drug-likeness (QED) is 0.695. The van der Waals surface area contributed by atoms with Gasteiger partial charge < -0.3 is 11.1 Å². The lowest BCUT2D eigenvalue weighted by molar-refractivity contribution is 0.598. The van der Waals surface area contributed by atoms with Gasteiger partial charge in [-0.25, -0.2) is 13.6 Å². The van der Waals surface area contributed by atoms with Crippen molar-refractivity contribution in [2.45, 2.75) is 11.4 Å². The molecule has 0 spiro atoms. The van der Waals surface area contributed by atoms with Crippen molar-refractivity contribution in [2.75, 3.05) is 11.1 Å². The molecule has 1 aromatic carbocycles. The summed E-state index contributed by atoms with van der Waals surface area (Å²) in [5, 5.41) is 12.3. The topological polar surface area (TPSA) is 116 Å². The van der Waals surface area contributed by atoms with E-state index in [2.05, 4.69) is 10.4 Å². The lowest BCUT2D eigenvalue weighted by Gasteiger charge is -2.10. The van der Waals surface area contributed by atoms with Crippen molar-refractivity contribution in [3.05, 3.63) is 36.2 Å². The number of aryl methyl sites for hydroxylation is 1. The van der Waals surface area contributed by atoms with Crippen LogP contribution < -0.4 is 16.2 Å². The van der Waals surface area contributed by atoms with Crippen LogP contribution in [-0.4, -0.2) is 18.2 Å². The predicted molar refractivity (Wildman–Crippen MR) is 72.8 cm³/mol. The Morgan fingerprint density at radius 2 is 2.11 bits per heavy atom. The first-order chi connectivity index (χ1) is 8.86. The van der Waals surface area contributed by atoms with E-state index in [-0.39, 0.29) is 4.90 Å². The standard InChI is InChI=1S/C11H15N5O2S/c1-16-5-4-9(15-16)7-14-10-3-2-8(12)6-11(10)19(13,17)18/h2-6,14H,7,12H2,1H3,(H2,13,17,18). The molecular formula is C11H15N5O2S. The van der Waals surface area contributed by atoms with Gasteiger partial charge in [0.1, 0.15) is 4.90 Å². The van der Waals surface area contributed by atoms with Gasteiger partial charge >= 0.3 is 0 Å². The molecule has 1 heterocycles. The lowest BCUT2D eigenvalue weighted by atomic mass is 10.3. The number of hydrogen-bond donors (Lipinski definition) is 3. The van der Waals surface area contributed by atoms with E-state index in [0.29, 0.717) is 17.9 Å². The van der Waals surface area contributed by atoms with Crippen LogP contribution in [0.1, 0.15) is 5.69 Å². The first-order valence-electron chi connectivity index (χ1n) is 5.51. The number of hydrogen-bond acceptors (Lipinski definition) is 5. The van der Waals surface area contributed by atoms with Gasteiger partial charge in [-0.3, -0.25) is 4.68 Å². The Morgan fingerprint density at radius 1 is 1.37 bits per heavy atom. The summed E-state index contributed by atoms with van der Waals surface area (Å²) >= 11 is 0. The molecule has 0 fully saturated rings. The molecule has 0 radical (unpaired) electrons. The summed E-state index contributed by atoms with van der Waals surface area (Å²) in [5.74, 6) is 0. The average molecular weight is 281 g/mol. The molecule has 102 valence electrons. The molecule has 7 nitrogen and oxygen atoms in total. The molecule has 0 aliphatic heterocycles. The molecule has 0 bridgehead atoms. The third-order valence-corrected chi connectivity index (χ3v) is 3.49. The molecule has 8 heteroatoms. The van der Waals surface area contributed by atoms with Crippen LogP contribution in [0.4, 0.5) is 11.4 Å². The van der Waals surface area contributed by atoms with E-state index < -0.39 is 10.0 Å². The van der Waals surface area contributed by atoms with E-state index in [4.69, 9.17) is 10.9 Å². The van der Waals surface area contributed by atoms with E-state index in [1.54, 1.807) is 23.0 Å². The van der Waals surface area contributed by atoms with Crippen LogP contribution in [0.15, 0.2) is 35.4 Å². The van der Waals surface area contributed by atoms with Gasteiger partial charge in [-0.05, 0) is 24.3 Å². The van der Waals surface area contributed by atoms with Crippen molar-refractivity contribution in [3.8, 4) is 0 Å². The van der Waals surface area contributed by atoms with E-state index in [1.807, 2.05) is 13.1 Å². The van der Waals surface area contributed by atoms with E-state index in [1.165, 1.54) is 6.07 Å². The molecule has 19 heavy (non-hydrogen) atoms. The van der Waals surface area contributed by atoms with Crippen LogP contribution in [0.25, 0.3) is 0 Å². The van der Waals surface area contributed by atoms with E-state index >= 15 is 0 Å².